The summed E-state index contributed by atoms with van der Waals surface area (Å²) >= 11 is 0. The topological polar surface area (TPSA) is 21.3 Å². The Hall–Kier alpha value is -1.02. The first-order valence-electron chi connectivity index (χ1n) is 7.84. The molecule has 0 bridgehead atoms. The predicted octanol–water partition coefficient (Wildman–Crippen LogP) is 3.72. The van der Waals surface area contributed by atoms with E-state index in [1.165, 1.54) is 44.2 Å². The van der Waals surface area contributed by atoms with Crippen molar-refractivity contribution in [3.05, 3.63) is 29.8 Å². The van der Waals surface area contributed by atoms with Crippen LogP contribution in [0.25, 0.3) is 0 Å². The molecule has 2 fully saturated rings. The summed E-state index contributed by atoms with van der Waals surface area (Å²) in [4.78, 5) is 0. The van der Waals surface area contributed by atoms with E-state index in [-0.39, 0.29) is 0 Å². The summed E-state index contributed by atoms with van der Waals surface area (Å²) < 4.78 is 5.90. The fraction of sp³-hybridized carbons (Fsp3) is 0.647. The van der Waals surface area contributed by atoms with Crippen LogP contribution in [0.3, 0.4) is 0 Å². The molecular weight excluding hydrogens is 234 g/mol. The second kappa shape index (κ2) is 5.96. The molecule has 0 aliphatic heterocycles. The molecule has 1 aromatic rings. The fourth-order valence-electron chi connectivity index (χ4n) is 2.91. The van der Waals surface area contributed by atoms with Crippen molar-refractivity contribution in [2.75, 3.05) is 13.1 Å². The van der Waals surface area contributed by atoms with E-state index >= 15 is 0 Å². The van der Waals surface area contributed by atoms with Crippen LogP contribution >= 0.6 is 0 Å². The SMILES string of the molecule is CCCNCC1CCC1c1cccc(OC2CC2)c1. The summed E-state index contributed by atoms with van der Waals surface area (Å²) in [6.45, 7) is 4.55. The molecular formula is C17H25NO. The summed E-state index contributed by atoms with van der Waals surface area (Å²) in [5, 5.41) is 3.56. The van der Waals surface area contributed by atoms with E-state index in [2.05, 4.69) is 36.5 Å². The average Bonchev–Trinajstić information content (AvgIpc) is 3.18. The minimum atomic E-state index is 0.499. The molecule has 2 aliphatic carbocycles. The number of hydrogen-bond acceptors (Lipinski definition) is 2. The highest BCUT2D eigenvalue weighted by Crippen LogP contribution is 2.43. The number of benzene rings is 1. The summed E-state index contributed by atoms with van der Waals surface area (Å²) in [6.07, 6.45) is 6.90. The first-order chi connectivity index (χ1) is 9.36. The lowest BCUT2D eigenvalue weighted by Crippen LogP contribution is -2.34. The van der Waals surface area contributed by atoms with Gasteiger partial charge in [-0.2, -0.15) is 0 Å². The molecule has 0 radical (unpaired) electrons. The smallest absolute Gasteiger partial charge is 0.120 e. The fourth-order valence-corrected chi connectivity index (χ4v) is 2.91. The van der Waals surface area contributed by atoms with E-state index in [4.69, 9.17) is 4.74 Å². The van der Waals surface area contributed by atoms with Gasteiger partial charge < -0.3 is 10.1 Å². The van der Waals surface area contributed by atoms with Gasteiger partial charge in [-0.15, -0.1) is 0 Å². The Morgan fingerprint density at radius 1 is 1.21 bits per heavy atom. The van der Waals surface area contributed by atoms with Crippen molar-refractivity contribution >= 4 is 0 Å². The van der Waals surface area contributed by atoms with Crippen molar-refractivity contribution in [1.29, 1.82) is 0 Å². The third-order valence-electron chi connectivity index (χ3n) is 4.36. The van der Waals surface area contributed by atoms with Gasteiger partial charge in [0.25, 0.3) is 0 Å². The number of rotatable bonds is 7. The van der Waals surface area contributed by atoms with Crippen LogP contribution in [0, 0.1) is 5.92 Å². The van der Waals surface area contributed by atoms with Gasteiger partial charge in [-0.3, -0.25) is 0 Å². The van der Waals surface area contributed by atoms with E-state index < -0.39 is 0 Å². The zero-order valence-corrected chi connectivity index (χ0v) is 11.9. The molecule has 2 aliphatic rings. The molecule has 19 heavy (non-hydrogen) atoms. The lowest BCUT2D eigenvalue weighted by atomic mass is 9.70. The summed E-state index contributed by atoms with van der Waals surface area (Å²) in [6, 6.07) is 8.80. The molecule has 104 valence electrons. The Morgan fingerprint density at radius 3 is 2.79 bits per heavy atom. The van der Waals surface area contributed by atoms with Gasteiger partial charge in [-0.05, 0) is 74.7 Å². The molecule has 3 rings (SSSR count). The molecule has 1 N–H and O–H groups in total. The molecule has 2 atom stereocenters. The Labute approximate surface area is 116 Å². The quantitative estimate of drug-likeness (QED) is 0.754. The van der Waals surface area contributed by atoms with Gasteiger partial charge in [0, 0.05) is 0 Å². The van der Waals surface area contributed by atoms with Gasteiger partial charge in [0.05, 0.1) is 6.10 Å². The Morgan fingerprint density at radius 2 is 2.11 bits per heavy atom. The molecule has 0 heterocycles. The molecule has 2 heteroatoms. The normalized spacial score (nSPS) is 25.9. The van der Waals surface area contributed by atoms with Crippen molar-refractivity contribution in [1.82, 2.24) is 5.32 Å². The first kappa shape index (κ1) is 13.0. The van der Waals surface area contributed by atoms with Crippen LogP contribution < -0.4 is 10.1 Å². The maximum Gasteiger partial charge on any atom is 0.120 e. The number of ether oxygens (including phenoxy) is 1. The maximum absolute atomic E-state index is 5.90. The van der Waals surface area contributed by atoms with E-state index in [1.807, 2.05) is 0 Å². The molecule has 2 saturated carbocycles. The second-order valence-electron chi connectivity index (χ2n) is 6.04. The minimum absolute atomic E-state index is 0.499. The van der Waals surface area contributed by atoms with Gasteiger partial charge in [0.2, 0.25) is 0 Å². The van der Waals surface area contributed by atoms with Gasteiger partial charge in [0.1, 0.15) is 5.75 Å². The minimum Gasteiger partial charge on any atom is -0.490 e. The highest BCUT2D eigenvalue weighted by Gasteiger charge is 2.32. The average molecular weight is 259 g/mol. The first-order valence-corrected chi connectivity index (χ1v) is 7.84. The van der Waals surface area contributed by atoms with Crippen LogP contribution in [0.4, 0.5) is 0 Å². The summed E-state index contributed by atoms with van der Waals surface area (Å²) in [5.41, 5.74) is 1.48. The monoisotopic (exact) mass is 259 g/mol. The van der Waals surface area contributed by atoms with Crippen molar-refractivity contribution < 1.29 is 4.74 Å². The van der Waals surface area contributed by atoms with Crippen LogP contribution in [0.1, 0.15) is 50.5 Å². The molecule has 2 nitrogen and oxygen atoms in total. The molecule has 0 amide bonds. The zero-order chi connectivity index (χ0) is 13.1. The second-order valence-corrected chi connectivity index (χ2v) is 6.04. The summed E-state index contributed by atoms with van der Waals surface area (Å²) in [7, 11) is 0. The third kappa shape index (κ3) is 3.30. The zero-order valence-electron chi connectivity index (χ0n) is 11.9. The van der Waals surface area contributed by atoms with Crippen molar-refractivity contribution in [2.24, 2.45) is 5.92 Å². The van der Waals surface area contributed by atoms with E-state index in [0.717, 1.165) is 24.1 Å². The van der Waals surface area contributed by atoms with Gasteiger partial charge in [0.15, 0.2) is 0 Å². The largest absolute Gasteiger partial charge is 0.490 e. The van der Waals surface area contributed by atoms with Gasteiger partial charge in [-0.25, -0.2) is 0 Å². The van der Waals surface area contributed by atoms with Gasteiger partial charge >= 0.3 is 0 Å². The van der Waals surface area contributed by atoms with Gasteiger partial charge in [-0.1, -0.05) is 19.1 Å². The van der Waals surface area contributed by atoms with Crippen LogP contribution in [-0.2, 0) is 0 Å². The van der Waals surface area contributed by atoms with Crippen LogP contribution in [0.15, 0.2) is 24.3 Å². The molecule has 0 spiro atoms. The summed E-state index contributed by atoms with van der Waals surface area (Å²) in [5.74, 6) is 2.64. The highest BCUT2D eigenvalue weighted by molar-refractivity contribution is 5.33. The van der Waals surface area contributed by atoms with E-state index in [1.54, 1.807) is 0 Å². The Kier molecular flexibility index (Phi) is 4.07. The van der Waals surface area contributed by atoms with Crippen LogP contribution in [-0.4, -0.2) is 19.2 Å². The molecule has 1 aromatic carbocycles. The maximum atomic E-state index is 5.90. The molecule has 0 aromatic heterocycles. The molecule has 0 saturated heterocycles. The van der Waals surface area contributed by atoms with Crippen LogP contribution in [0.2, 0.25) is 0 Å². The molecule has 2 unspecified atom stereocenters. The lowest BCUT2D eigenvalue weighted by Gasteiger charge is -2.37. The highest BCUT2D eigenvalue weighted by atomic mass is 16.5. The van der Waals surface area contributed by atoms with E-state index in [0.29, 0.717) is 6.10 Å². The van der Waals surface area contributed by atoms with Crippen molar-refractivity contribution in [3.63, 3.8) is 0 Å². The number of nitrogens with one attached hydrogen (secondary N) is 1. The predicted molar refractivity (Wildman–Crippen MR) is 78.7 cm³/mol. The van der Waals surface area contributed by atoms with Crippen molar-refractivity contribution in [3.8, 4) is 5.75 Å². The van der Waals surface area contributed by atoms with Crippen LogP contribution in [0.5, 0.6) is 5.75 Å². The standard InChI is InChI=1S/C17H25NO/c1-2-10-18-12-14-6-9-17(14)13-4-3-5-16(11-13)19-15-7-8-15/h3-5,11,14-15,17-18H,2,6-10,12H2,1H3. The van der Waals surface area contributed by atoms with Crippen molar-refractivity contribution in [2.45, 2.75) is 51.0 Å². The van der Waals surface area contributed by atoms with E-state index in [9.17, 15) is 0 Å². The Balaban J connectivity index is 1.58. The third-order valence-corrected chi connectivity index (χ3v) is 4.36. The lowest BCUT2D eigenvalue weighted by molar-refractivity contribution is 0.244. The number of hydrogen-bond donors (Lipinski definition) is 1. The Bertz CT molecular complexity index is 413.